The van der Waals surface area contributed by atoms with Gasteiger partial charge < -0.3 is 20.0 Å². The average molecular weight is 322 g/mol. The van der Waals surface area contributed by atoms with Crippen molar-refractivity contribution in [3.05, 3.63) is 0 Å². The summed E-state index contributed by atoms with van der Waals surface area (Å²) in [4.78, 5) is 25.9. The van der Waals surface area contributed by atoms with Crippen LogP contribution in [0.5, 0.6) is 0 Å². The van der Waals surface area contributed by atoms with E-state index in [4.69, 9.17) is 10.2 Å². The Morgan fingerprint density at radius 2 is 1.95 bits per heavy atom. The fraction of sp³-hybridized carbons (Fsp3) is 0.833. The summed E-state index contributed by atoms with van der Waals surface area (Å²) in [5.74, 6) is -1.44. The van der Waals surface area contributed by atoms with E-state index in [9.17, 15) is 18.0 Å². The first-order valence-electron chi connectivity index (χ1n) is 6.78. The molecule has 1 aliphatic heterocycles. The first-order valence-corrected chi connectivity index (χ1v) is 8.60. The van der Waals surface area contributed by atoms with Gasteiger partial charge in [-0.15, -0.1) is 0 Å². The smallest absolute Gasteiger partial charge is 0.323 e. The van der Waals surface area contributed by atoms with Crippen molar-refractivity contribution in [3.63, 3.8) is 0 Å². The normalized spacial score (nSPS) is 20.5. The van der Waals surface area contributed by atoms with Crippen LogP contribution in [0, 0.1) is 0 Å². The molecular weight excluding hydrogens is 300 g/mol. The van der Waals surface area contributed by atoms with Crippen molar-refractivity contribution < 1.29 is 28.2 Å². The second-order valence-electron chi connectivity index (χ2n) is 5.37. The largest absolute Gasteiger partial charge is 0.480 e. The monoisotopic (exact) mass is 322 g/mol. The molecule has 2 N–H and O–H groups in total. The van der Waals surface area contributed by atoms with Gasteiger partial charge in [-0.3, -0.25) is 4.79 Å². The van der Waals surface area contributed by atoms with Crippen molar-refractivity contribution in [2.75, 3.05) is 31.2 Å². The number of rotatable bonds is 6. The van der Waals surface area contributed by atoms with E-state index in [2.05, 4.69) is 0 Å². The molecule has 0 saturated carbocycles. The number of hydrogen-bond acceptors (Lipinski definition) is 5. The van der Waals surface area contributed by atoms with Gasteiger partial charge in [0.05, 0.1) is 18.1 Å². The van der Waals surface area contributed by atoms with Crippen LogP contribution in [0.2, 0.25) is 0 Å². The van der Waals surface area contributed by atoms with Gasteiger partial charge in [-0.2, -0.15) is 0 Å². The number of carbonyl (C=O) groups is 2. The summed E-state index contributed by atoms with van der Waals surface area (Å²) in [5, 5.41) is 18.0. The SMILES string of the molecule is CC(C)N(CCO)C(=O)N(CC(=O)O)C1CCS(=O)(=O)C1. The van der Waals surface area contributed by atoms with Crippen LogP contribution in [0.4, 0.5) is 4.79 Å². The number of aliphatic hydroxyl groups is 1. The predicted octanol–water partition coefficient (Wildman–Crippen LogP) is -0.617. The van der Waals surface area contributed by atoms with E-state index in [0.717, 1.165) is 4.90 Å². The number of carbonyl (C=O) groups excluding carboxylic acids is 1. The van der Waals surface area contributed by atoms with Crippen molar-refractivity contribution in [2.45, 2.75) is 32.4 Å². The van der Waals surface area contributed by atoms with Crippen LogP contribution in [0.1, 0.15) is 20.3 Å². The highest BCUT2D eigenvalue weighted by molar-refractivity contribution is 7.91. The van der Waals surface area contributed by atoms with Crippen molar-refractivity contribution in [1.29, 1.82) is 0 Å². The van der Waals surface area contributed by atoms with Crippen molar-refractivity contribution in [2.24, 2.45) is 0 Å². The molecule has 0 aromatic heterocycles. The molecule has 0 aromatic carbocycles. The molecule has 0 bridgehead atoms. The minimum Gasteiger partial charge on any atom is -0.480 e. The van der Waals surface area contributed by atoms with Crippen LogP contribution < -0.4 is 0 Å². The molecule has 2 amide bonds. The summed E-state index contributed by atoms with van der Waals surface area (Å²) in [5.41, 5.74) is 0. The zero-order valence-electron chi connectivity index (χ0n) is 12.2. The molecule has 1 heterocycles. The molecule has 1 unspecified atom stereocenters. The molecule has 21 heavy (non-hydrogen) atoms. The van der Waals surface area contributed by atoms with Crippen molar-refractivity contribution in [3.8, 4) is 0 Å². The molecule has 8 nitrogen and oxygen atoms in total. The van der Waals surface area contributed by atoms with Crippen LogP contribution in [0.15, 0.2) is 0 Å². The van der Waals surface area contributed by atoms with E-state index < -0.39 is 34.4 Å². The summed E-state index contributed by atoms with van der Waals surface area (Å²) in [6.07, 6.45) is 0.242. The second kappa shape index (κ2) is 7.08. The topological polar surface area (TPSA) is 115 Å². The highest BCUT2D eigenvalue weighted by Crippen LogP contribution is 2.19. The van der Waals surface area contributed by atoms with Gasteiger partial charge in [0.2, 0.25) is 0 Å². The van der Waals surface area contributed by atoms with E-state index in [-0.39, 0.29) is 37.1 Å². The number of nitrogens with zero attached hydrogens (tertiary/aromatic N) is 2. The Bertz CT molecular complexity index is 490. The van der Waals surface area contributed by atoms with Crippen LogP contribution in [-0.4, -0.2) is 83.7 Å². The summed E-state index contributed by atoms with van der Waals surface area (Å²) in [6, 6.07) is -1.40. The fourth-order valence-corrected chi connectivity index (χ4v) is 4.10. The molecule has 0 radical (unpaired) electrons. The molecule has 1 rings (SSSR count). The van der Waals surface area contributed by atoms with Gasteiger partial charge in [-0.05, 0) is 20.3 Å². The van der Waals surface area contributed by atoms with Crippen molar-refractivity contribution >= 4 is 21.8 Å². The van der Waals surface area contributed by atoms with Crippen LogP contribution in [0.25, 0.3) is 0 Å². The third kappa shape index (κ3) is 4.85. The lowest BCUT2D eigenvalue weighted by Crippen LogP contribution is -2.53. The highest BCUT2D eigenvalue weighted by Gasteiger charge is 2.37. The number of amides is 2. The predicted molar refractivity (Wildman–Crippen MR) is 75.7 cm³/mol. The van der Waals surface area contributed by atoms with Crippen LogP contribution in [-0.2, 0) is 14.6 Å². The zero-order chi connectivity index (χ0) is 16.2. The van der Waals surface area contributed by atoms with E-state index in [0.29, 0.717) is 0 Å². The molecular formula is C12H22N2O6S. The molecule has 1 saturated heterocycles. The third-order valence-electron chi connectivity index (χ3n) is 3.41. The van der Waals surface area contributed by atoms with Crippen molar-refractivity contribution in [1.82, 2.24) is 9.80 Å². The van der Waals surface area contributed by atoms with Gasteiger partial charge in [0.25, 0.3) is 0 Å². The lowest BCUT2D eigenvalue weighted by molar-refractivity contribution is -0.138. The Kier molecular flexibility index (Phi) is 5.97. The first kappa shape index (κ1) is 17.7. The Balaban J connectivity index is 2.96. The number of aliphatic carboxylic acids is 1. The Morgan fingerprint density at radius 3 is 2.33 bits per heavy atom. The number of carboxylic acid groups (broad SMARTS) is 1. The van der Waals surface area contributed by atoms with Crippen LogP contribution >= 0.6 is 0 Å². The number of urea groups is 1. The molecule has 122 valence electrons. The molecule has 0 aromatic rings. The fourth-order valence-electron chi connectivity index (χ4n) is 2.37. The Labute approximate surface area is 124 Å². The van der Waals surface area contributed by atoms with Gasteiger partial charge in [0, 0.05) is 18.6 Å². The summed E-state index contributed by atoms with van der Waals surface area (Å²) >= 11 is 0. The maximum absolute atomic E-state index is 12.5. The van der Waals surface area contributed by atoms with Gasteiger partial charge in [0.1, 0.15) is 6.54 Å². The minimum atomic E-state index is -3.22. The number of sulfone groups is 1. The van der Waals surface area contributed by atoms with E-state index in [1.807, 2.05) is 0 Å². The highest BCUT2D eigenvalue weighted by atomic mass is 32.2. The van der Waals surface area contributed by atoms with Crippen LogP contribution in [0.3, 0.4) is 0 Å². The number of hydrogen-bond donors (Lipinski definition) is 2. The summed E-state index contributed by atoms with van der Waals surface area (Å²) in [7, 11) is -3.22. The van der Waals surface area contributed by atoms with Gasteiger partial charge in [-0.25, -0.2) is 13.2 Å². The van der Waals surface area contributed by atoms with E-state index in [1.54, 1.807) is 13.8 Å². The lowest BCUT2D eigenvalue weighted by Gasteiger charge is -2.35. The second-order valence-corrected chi connectivity index (χ2v) is 7.60. The molecule has 9 heteroatoms. The molecule has 0 aliphatic carbocycles. The zero-order valence-corrected chi connectivity index (χ0v) is 13.0. The molecule has 0 spiro atoms. The quantitative estimate of drug-likeness (QED) is 0.673. The average Bonchev–Trinajstić information content (AvgIpc) is 2.72. The molecule has 1 aliphatic rings. The maximum Gasteiger partial charge on any atom is 0.323 e. The summed E-state index contributed by atoms with van der Waals surface area (Å²) in [6.45, 7) is 2.78. The maximum atomic E-state index is 12.5. The van der Waals surface area contributed by atoms with E-state index in [1.165, 1.54) is 4.90 Å². The Morgan fingerprint density at radius 1 is 1.33 bits per heavy atom. The standard InChI is InChI=1S/C12H22N2O6S/c1-9(2)13(4-5-15)12(18)14(7-11(16)17)10-3-6-21(19,20)8-10/h9-10,15H,3-8H2,1-2H3,(H,16,17). The van der Waals surface area contributed by atoms with E-state index >= 15 is 0 Å². The molecule has 1 fully saturated rings. The minimum absolute atomic E-state index is 0.0389. The number of carboxylic acids is 1. The summed E-state index contributed by atoms with van der Waals surface area (Å²) < 4.78 is 23.1. The Hall–Kier alpha value is -1.35. The first-order chi connectivity index (χ1) is 9.68. The van der Waals surface area contributed by atoms with Gasteiger partial charge in [0.15, 0.2) is 9.84 Å². The third-order valence-corrected chi connectivity index (χ3v) is 5.16. The molecule has 1 atom stereocenters. The van der Waals surface area contributed by atoms with Gasteiger partial charge in [-0.1, -0.05) is 0 Å². The lowest BCUT2D eigenvalue weighted by atomic mass is 10.2. The number of aliphatic hydroxyl groups excluding tert-OH is 1. The van der Waals surface area contributed by atoms with Gasteiger partial charge >= 0.3 is 12.0 Å².